The molecule has 0 saturated carbocycles. The van der Waals surface area contributed by atoms with E-state index in [-0.39, 0.29) is 6.54 Å². The molecule has 0 bridgehead atoms. The Hall–Kier alpha value is -1.96. The van der Waals surface area contributed by atoms with E-state index in [9.17, 15) is 9.90 Å². The summed E-state index contributed by atoms with van der Waals surface area (Å²) < 4.78 is 11.5. The number of hydrogen-bond donors (Lipinski definition) is 1. The molecule has 7 nitrogen and oxygen atoms in total. The molecule has 0 amide bonds. The number of rotatable bonds is 7. The molecule has 1 aromatic carbocycles. The Morgan fingerprint density at radius 3 is 2.92 bits per heavy atom. The van der Waals surface area contributed by atoms with Gasteiger partial charge in [-0.1, -0.05) is 35.5 Å². The zero-order valence-electron chi connectivity index (χ0n) is 14.5. The zero-order chi connectivity index (χ0) is 17.6. The van der Waals surface area contributed by atoms with E-state index in [1.165, 1.54) is 4.57 Å². The average Bonchev–Trinajstić information content (AvgIpc) is 2.97. The Balaban J connectivity index is 1.64. The summed E-state index contributed by atoms with van der Waals surface area (Å²) in [6.07, 6.45) is 1.59. The molecule has 25 heavy (non-hydrogen) atoms. The summed E-state index contributed by atoms with van der Waals surface area (Å²) in [6.45, 7) is 3.30. The van der Waals surface area contributed by atoms with Gasteiger partial charge in [0.15, 0.2) is 5.82 Å². The molecule has 2 unspecified atom stereocenters. The van der Waals surface area contributed by atoms with Gasteiger partial charge in [-0.15, -0.1) is 0 Å². The van der Waals surface area contributed by atoms with Crippen molar-refractivity contribution < 1.29 is 14.4 Å². The number of benzene rings is 1. The van der Waals surface area contributed by atoms with Crippen LogP contribution in [0.4, 0.5) is 0 Å². The summed E-state index contributed by atoms with van der Waals surface area (Å²) in [4.78, 5) is 14.2. The number of likely N-dealkylation sites (tertiary alicyclic amines) is 1. The summed E-state index contributed by atoms with van der Waals surface area (Å²) in [5.41, 5.74) is 0.790. The number of piperidine rings is 1. The van der Waals surface area contributed by atoms with Crippen LogP contribution < -0.4 is 5.76 Å². The van der Waals surface area contributed by atoms with E-state index in [2.05, 4.69) is 10.1 Å². The van der Waals surface area contributed by atoms with Crippen LogP contribution >= 0.6 is 0 Å². The van der Waals surface area contributed by atoms with Gasteiger partial charge < -0.3 is 14.7 Å². The molecule has 3 rings (SSSR count). The lowest BCUT2D eigenvalue weighted by Crippen LogP contribution is -2.42. The van der Waals surface area contributed by atoms with Gasteiger partial charge in [-0.3, -0.25) is 9.09 Å². The molecule has 0 spiro atoms. The topological polar surface area (TPSA) is 80.7 Å². The van der Waals surface area contributed by atoms with Gasteiger partial charge in [0.05, 0.1) is 19.3 Å². The number of aliphatic hydroxyl groups excluding tert-OH is 1. The molecular weight excluding hydrogens is 322 g/mol. The van der Waals surface area contributed by atoms with Crippen molar-refractivity contribution in [3.05, 3.63) is 40.9 Å². The Morgan fingerprint density at radius 2 is 2.16 bits per heavy atom. The highest BCUT2D eigenvalue weighted by atomic mass is 16.5. The highest BCUT2D eigenvalue weighted by Gasteiger charge is 2.23. The Kier molecular flexibility index (Phi) is 6.01. The van der Waals surface area contributed by atoms with Gasteiger partial charge in [-0.05, 0) is 25.3 Å². The van der Waals surface area contributed by atoms with Crippen molar-refractivity contribution >= 4 is 0 Å². The van der Waals surface area contributed by atoms with Crippen LogP contribution in [0.15, 0.2) is 39.6 Å². The zero-order valence-corrected chi connectivity index (χ0v) is 14.5. The molecule has 2 heterocycles. The molecule has 1 aliphatic heterocycles. The molecule has 2 atom stereocenters. The second kappa shape index (κ2) is 8.42. The third kappa shape index (κ3) is 4.56. The van der Waals surface area contributed by atoms with Crippen molar-refractivity contribution in [3.8, 4) is 11.4 Å². The first-order valence-electron chi connectivity index (χ1n) is 8.68. The Bertz CT molecular complexity index is 711. The van der Waals surface area contributed by atoms with Gasteiger partial charge in [-0.2, -0.15) is 0 Å². The van der Waals surface area contributed by atoms with Crippen LogP contribution in [0.3, 0.4) is 0 Å². The summed E-state index contributed by atoms with van der Waals surface area (Å²) in [5.74, 6) is 0.401. The summed E-state index contributed by atoms with van der Waals surface area (Å²) in [5, 5.41) is 14.3. The molecule has 136 valence electrons. The molecule has 2 aromatic rings. The fourth-order valence-electron chi connectivity index (χ4n) is 3.48. The van der Waals surface area contributed by atoms with E-state index >= 15 is 0 Å². The van der Waals surface area contributed by atoms with Crippen LogP contribution in [0.1, 0.15) is 12.8 Å². The van der Waals surface area contributed by atoms with Crippen molar-refractivity contribution in [1.82, 2.24) is 14.6 Å². The number of β-amino-alcohol motifs (C(OH)–C–C–N with tert-alkyl or cyclic N) is 1. The van der Waals surface area contributed by atoms with Crippen LogP contribution in [-0.4, -0.2) is 59.2 Å². The monoisotopic (exact) mass is 347 g/mol. The van der Waals surface area contributed by atoms with E-state index in [0.29, 0.717) is 18.3 Å². The van der Waals surface area contributed by atoms with Gasteiger partial charge in [0.25, 0.3) is 0 Å². The van der Waals surface area contributed by atoms with Crippen LogP contribution in [0.2, 0.25) is 0 Å². The third-order valence-corrected chi connectivity index (χ3v) is 4.59. The fraction of sp³-hybridized carbons (Fsp3) is 0.556. The molecule has 1 aromatic heterocycles. The first-order chi connectivity index (χ1) is 12.2. The largest absolute Gasteiger partial charge is 0.441 e. The van der Waals surface area contributed by atoms with Crippen LogP contribution in [-0.2, 0) is 11.3 Å². The maximum Gasteiger partial charge on any atom is 0.441 e. The predicted octanol–water partition coefficient (Wildman–Crippen LogP) is 1.22. The maximum atomic E-state index is 12.0. The number of ether oxygens (including phenoxy) is 1. The van der Waals surface area contributed by atoms with Crippen molar-refractivity contribution in [1.29, 1.82) is 0 Å². The minimum Gasteiger partial charge on any atom is -0.390 e. The van der Waals surface area contributed by atoms with Crippen LogP contribution in [0.5, 0.6) is 0 Å². The van der Waals surface area contributed by atoms with Crippen molar-refractivity contribution in [2.45, 2.75) is 25.5 Å². The third-order valence-electron chi connectivity index (χ3n) is 4.59. The van der Waals surface area contributed by atoms with Gasteiger partial charge in [0, 0.05) is 25.8 Å². The number of aromatic nitrogens is 2. The average molecular weight is 347 g/mol. The van der Waals surface area contributed by atoms with Crippen molar-refractivity contribution in [2.24, 2.45) is 5.92 Å². The predicted molar refractivity (Wildman–Crippen MR) is 93.2 cm³/mol. The lowest BCUT2D eigenvalue weighted by atomic mass is 9.99. The van der Waals surface area contributed by atoms with Crippen LogP contribution in [0.25, 0.3) is 11.4 Å². The SMILES string of the molecule is COCC1CCCN(CC(O)Cn2c(-c3ccccc3)noc2=O)C1. The molecule has 0 aliphatic carbocycles. The lowest BCUT2D eigenvalue weighted by Gasteiger charge is -2.33. The summed E-state index contributed by atoms with van der Waals surface area (Å²) in [6, 6.07) is 9.37. The highest BCUT2D eigenvalue weighted by Crippen LogP contribution is 2.18. The van der Waals surface area contributed by atoms with Crippen molar-refractivity contribution in [3.63, 3.8) is 0 Å². The quantitative estimate of drug-likeness (QED) is 0.811. The van der Waals surface area contributed by atoms with E-state index < -0.39 is 11.9 Å². The molecular formula is C18H25N3O4. The molecule has 1 aliphatic rings. The number of hydrogen-bond acceptors (Lipinski definition) is 6. The molecule has 1 N–H and O–H groups in total. The second-order valence-corrected chi connectivity index (χ2v) is 6.63. The number of nitrogens with zero attached hydrogens (tertiary/aromatic N) is 3. The fourth-order valence-corrected chi connectivity index (χ4v) is 3.48. The smallest absolute Gasteiger partial charge is 0.390 e. The minimum atomic E-state index is -0.666. The molecule has 1 fully saturated rings. The second-order valence-electron chi connectivity index (χ2n) is 6.63. The van der Waals surface area contributed by atoms with Gasteiger partial charge in [0.2, 0.25) is 0 Å². The maximum absolute atomic E-state index is 12.0. The van der Waals surface area contributed by atoms with Gasteiger partial charge >= 0.3 is 5.76 Å². The Labute approximate surface area is 146 Å². The van der Waals surface area contributed by atoms with Gasteiger partial charge in [-0.25, -0.2) is 4.79 Å². The van der Waals surface area contributed by atoms with E-state index in [1.807, 2.05) is 30.3 Å². The normalized spacial score (nSPS) is 19.8. The Morgan fingerprint density at radius 1 is 1.36 bits per heavy atom. The molecule has 7 heteroatoms. The molecule has 0 radical (unpaired) electrons. The lowest BCUT2D eigenvalue weighted by molar-refractivity contribution is 0.0501. The van der Waals surface area contributed by atoms with E-state index in [1.54, 1.807) is 7.11 Å². The first-order valence-corrected chi connectivity index (χ1v) is 8.68. The standard InChI is InChI=1S/C18H25N3O4/c1-24-13-14-6-5-9-20(10-14)11-16(22)12-21-17(19-25-18(21)23)15-7-3-2-4-8-15/h2-4,7-8,14,16,22H,5-6,9-13H2,1H3. The molecule has 1 saturated heterocycles. The first kappa shape index (κ1) is 17.8. The van der Waals surface area contributed by atoms with Gasteiger partial charge in [0.1, 0.15) is 0 Å². The highest BCUT2D eigenvalue weighted by molar-refractivity contribution is 5.54. The summed E-state index contributed by atoms with van der Waals surface area (Å²) >= 11 is 0. The van der Waals surface area contributed by atoms with E-state index in [0.717, 1.165) is 38.1 Å². The number of methoxy groups -OCH3 is 1. The number of aliphatic hydroxyl groups is 1. The van der Waals surface area contributed by atoms with E-state index in [4.69, 9.17) is 9.26 Å². The minimum absolute atomic E-state index is 0.165. The summed E-state index contributed by atoms with van der Waals surface area (Å²) in [7, 11) is 1.72. The van der Waals surface area contributed by atoms with Crippen LogP contribution in [0, 0.1) is 5.92 Å². The van der Waals surface area contributed by atoms with Crippen molar-refractivity contribution in [2.75, 3.05) is 33.4 Å².